The number of alkyl carbamates (subject to hydrolysis) is 1. The molecule has 0 saturated carbocycles. The maximum absolute atomic E-state index is 11.6. The summed E-state index contributed by atoms with van der Waals surface area (Å²) in [5, 5.41) is 3.40. The Kier molecular flexibility index (Phi) is 5.70. The van der Waals surface area contributed by atoms with Crippen LogP contribution in [0.3, 0.4) is 0 Å². The number of benzene rings is 1. The molecule has 1 aromatic carbocycles. The van der Waals surface area contributed by atoms with Gasteiger partial charge in [0.05, 0.1) is 11.3 Å². The van der Waals surface area contributed by atoms with E-state index in [0.717, 1.165) is 15.9 Å². The molecular formula is C16H19BrClN3O2. The molecule has 1 amide bonds. The number of halogens is 2. The summed E-state index contributed by atoms with van der Waals surface area (Å²) in [4.78, 5) is 15.8. The Morgan fingerprint density at radius 3 is 2.83 bits per heavy atom. The third-order valence-corrected chi connectivity index (χ3v) is 4.16. The third kappa shape index (κ3) is 5.25. The van der Waals surface area contributed by atoms with E-state index in [0.29, 0.717) is 18.0 Å². The standard InChI is InChI=1S/C16H19BrClN3O2/c1-16(2,3)23-15(22)20-7-6-12-9-19-10-21(12)11-4-5-14(18)13(17)8-11/h4-5,8-10H,6-7H2,1-3H3,(H,20,22). The van der Waals surface area contributed by atoms with Crippen molar-refractivity contribution >= 4 is 33.6 Å². The van der Waals surface area contributed by atoms with Gasteiger partial charge in [-0.1, -0.05) is 11.6 Å². The summed E-state index contributed by atoms with van der Waals surface area (Å²) in [7, 11) is 0. The molecule has 1 aromatic heterocycles. The fourth-order valence-corrected chi connectivity index (χ4v) is 2.47. The number of amides is 1. The normalized spacial score (nSPS) is 11.3. The highest BCUT2D eigenvalue weighted by atomic mass is 79.9. The van der Waals surface area contributed by atoms with Gasteiger partial charge < -0.3 is 14.6 Å². The Morgan fingerprint density at radius 2 is 2.17 bits per heavy atom. The number of rotatable bonds is 4. The number of imidazole rings is 1. The molecule has 5 nitrogen and oxygen atoms in total. The van der Waals surface area contributed by atoms with Gasteiger partial charge in [0.15, 0.2) is 0 Å². The molecule has 0 fully saturated rings. The monoisotopic (exact) mass is 399 g/mol. The van der Waals surface area contributed by atoms with E-state index in [9.17, 15) is 4.79 Å². The maximum atomic E-state index is 11.6. The van der Waals surface area contributed by atoms with Crippen LogP contribution in [0, 0.1) is 0 Å². The minimum atomic E-state index is -0.499. The summed E-state index contributed by atoms with van der Waals surface area (Å²) in [6.45, 7) is 5.97. The molecule has 0 atom stereocenters. The van der Waals surface area contributed by atoms with Gasteiger partial charge in [0.25, 0.3) is 0 Å². The van der Waals surface area contributed by atoms with E-state index in [2.05, 4.69) is 26.2 Å². The molecule has 1 N–H and O–H groups in total. The largest absolute Gasteiger partial charge is 0.444 e. The second-order valence-corrected chi connectivity index (χ2v) is 7.29. The van der Waals surface area contributed by atoms with Gasteiger partial charge in [-0.05, 0) is 54.9 Å². The first-order valence-corrected chi connectivity index (χ1v) is 8.37. The van der Waals surface area contributed by atoms with E-state index in [1.807, 2.05) is 43.5 Å². The molecule has 1 heterocycles. The topological polar surface area (TPSA) is 56.1 Å². The van der Waals surface area contributed by atoms with Gasteiger partial charge in [-0.25, -0.2) is 9.78 Å². The summed E-state index contributed by atoms with van der Waals surface area (Å²) in [5.41, 5.74) is 1.43. The minimum Gasteiger partial charge on any atom is -0.444 e. The van der Waals surface area contributed by atoms with Crippen LogP contribution in [0.25, 0.3) is 5.69 Å². The van der Waals surface area contributed by atoms with Gasteiger partial charge in [-0.2, -0.15) is 0 Å². The lowest BCUT2D eigenvalue weighted by atomic mass is 10.2. The van der Waals surface area contributed by atoms with Crippen molar-refractivity contribution in [2.75, 3.05) is 6.54 Å². The smallest absolute Gasteiger partial charge is 0.407 e. The van der Waals surface area contributed by atoms with Gasteiger partial charge in [-0.3, -0.25) is 0 Å². The van der Waals surface area contributed by atoms with Crippen molar-refractivity contribution < 1.29 is 9.53 Å². The molecule has 0 spiro atoms. The first kappa shape index (κ1) is 17.8. The van der Waals surface area contributed by atoms with E-state index in [4.69, 9.17) is 16.3 Å². The zero-order chi connectivity index (χ0) is 17.0. The third-order valence-electron chi connectivity index (χ3n) is 2.95. The molecule has 7 heteroatoms. The van der Waals surface area contributed by atoms with E-state index in [1.165, 1.54) is 0 Å². The predicted octanol–water partition coefficient (Wildman–Crippen LogP) is 4.36. The molecular weight excluding hydrogens is 382 g/mol. The molecule has 0 saturated heterocycles. The lowest BCUT2D eigenvalue weighted by Crippen LogP contribution is -2.33. The molecule has 0 bridgehead atoms. The molecule has 0 aliphatic heterocycles. The number of hydrogen-bond donors (Lipinski definition) is 1. The zero-order valence-corrected chi connectivity index (χ0v) is 15.6. The Hall–Kier alpha value is -1.53. The molecule has 23 heavy (non-hydrogen) atoms. The highest BCUT2D eigenvalue weighted by molar-refractivity contribution is 9.10. The van der Waals surface area contributed by atoms with Crippen LogP contribution in [0.1, 0.15) is 26.5 Å². The van der Waals surface area contributed by atoms with Crippen molar-refractivity contribution in [2.45, 2.75) is 32.8 Å². The molecule has 0 unspecified atom stereocenters. The number of nitrogens with one attached hydrogen (secondary N) is 1. The maximum Gasteiger partial charge on any atom is 0.407 e. The molecule has 0 aliphatic rings. The number of hydrogen-bond acceptors (Lipinski definition) is 3. The van der Waals surface area contributed by atoms with Gasteiger partial charge in [0.2, 0.25) is 0 Å². The lowest BCUT2D eigenvalue weighted by molar-refractivity contribution is 0.0528. The summed E-state index contributed by atoms with van der Waals surface area (Å²) >= 11 is 9.44. The molecule has 2 aromatic rings. The van der Waals surface area contributed by atoms with Crippen molar-refractivity contribution in [3.63, 3.8) is 0 Å². The van der Waals surface area contributed by atoms with Gasteiger partial charge >= 0.3 is 6.09 Å². The van der Waals surface area contributed by atoms with Crippen LogP contribution in [-0.2, 0) is 11.2 Å². The van der Waals surface area contributed by atoms with E-state index in [1.54, 1.807) is 12.5 Å². The first-order valence-electron chi connectivity index (χ1n) is 7.20. The van der Waals surface area contributed by atoms with Crippen LogP contribution in [0.4, 0.5) is 4.79 Å². The average Bonchev–Trinajstić information content (AvgIpc) is 2.88. The van der Waals surface area contributed by atoms with Crippen molar-refractivity contribution in [1.82, 2.24) is 14.9 Å². The van der Waals surface area contributed by atoms with E-state index < -0.39 is 11.7 Å². The zero-order valence-electron chi connectivity index (χ0n) is 13.3. The highest BCUT2D eigenvalue weighted by Gasteiger charge is 2.15. The van der Waals surface area contributed by atoms with Crippen LogP contribution < -0.4 is 5.32 Å². The summed E-state index contributed by atoms with van der Waals surface area (Å²) in [5.74, 6) is 0. The van der Waals surface area contributed by atoms with Gasteiger partial charge in [0.1, 0.15) is 5.60 Å². The van der Waals surface area contributed by atoms with Crippen LogP contribution >= 0.6 is 27.5 Å². The van der Waals surface area contributed by atoms with E-state index >= 15 is 0 Å². The minimum absolute atomic E-state index is 0.419. The number of nitrogens with zero attached hydrogens (tertiary/aromatic N) is 2. The lowest BCUT2D eigenvalue weighted by Gasteiger charge is -2.19. The Bertz CT molecular complexity index is 695. The number of carbonyl (C=O) groups is 1. The number of aromatic nitrogens is 2. The SMILES string of the molecule is CC(C)(C)OC(=O)NCCc1cncn1-c1ccc(Cl)c(Br)c1. The average molecular weight is 401 g/mol. The second-order valence-electron chi connectivity index (χ2n) is 6.03. The number of ether oxygens (including phenoxy) is 1. The van der Waals surface area contributed by atoms with Crippen LogP contribution in [0.2, 0.25) is 5.02 Å². The Labute approximate surface area is 149 Å². The van der Waals surface area contributed by atoms with Crippen LogP contribution in [-0.4, -0.2) is 27.8 Å². The molecule has 124 valence electrons. The Morgan fingerprint density at radius 1 is 1.43 bits per heavy atom. The van der Waals surface area contributed by atoms with Crippen molar-refractivity contribution in [3.8, 4) is 5.69 Å². The fraction of sp³-hybridized carbons (Fsp3) is 0.375. The predicted molar refractivity (Wildman–Crippen MR) is 94.2 cm³/mol. The Balaban J connectivity index is 1.99. The van der Waals surface area contributed by atoms with Gasteiger partial charge in [0, 0.05) is 35.0 Å². The quantitative estimate of drug-likeness (QED) is 0.830. The molecule has 2 rings (SSSR count). The fourth-order valence-electron chi connectivity index (χ4n) is 1.98. The van der Waals surface area contributed by atoms with Gasteiger partial charge in [-0.15, -0.1) is 0 Å². The summed E-state index contributed by atoms with van der Waals surface area (Å²) in [6, 6.07) is 5.66. The molecule has 0 radical (unpaired) electrons. The van der Waals surface area contributed by atoms with Crippen molar-refractivity contribution in [3.05, 3.63) is 45.9 Å². The van der Waals surface area contributed by atoms with Crippen LogP contribution in [0.5, 0.6) is 0 Å². The highest BCUT2D eigenvalue weighted by Crippen LogP contribution is 2.25. The van der Waals surface area contributed by atoms with Crippen molar-refractivity contribution in [2.24, 2.45) is 0 Å². The van der Waals surface area contributed by atoms with E-state index in [-0.39, 0.29) is 0 Å². The van der Waals surface area contributed by atoms with Crippen LogP contribution in [0.15, 0.2) is 35.2 Å². The van der Waals surface area contributed by atoms with Crippen molar-refractivity contribution in [1.29, 1.82) is 0 Å². The second kappa shape index (κ2) is 7.36. The number of carbonyl (C=O) groups excluding carboxylic acids is 1. The summed E-state index contributed by atoms with van der Waals surface area (Å²) < 4.78 is 7.99. The summed E-state index contributed by atoms with van der Waals surface area (Å²) in [6.07, 6.45) is 3.73. The first-order chi connectivity index (χ1) is 10.8. The molecule has 0 aliphatic carbocycles.